The number of hydrogen-bond acceptors (Lipinski definition) is 4. The Labute approximate surface area is 139 Å². The zero-order valence-corrected chi connectivity index (χ0v) is 16.3. The van der Waals surface area contributed by atoms with E-state index >= 15 is 0 Å². The summed E-state index contributed by atoms with van der Waals surface area (Å²) in [5.41, 5.74) is 0. The minimum Gasteiger partial charge on any atom is -0.301 e. The second kappa shape index (κ2) is 12.3. The third-order valence-electron chi connectivity index (χ3n) is 4.46. The van der Waals surface area contributed by atoms with Crippen LogP contribution in [0.5, 0.6) is 0 Å². The molecule has 0 bridgehead atoms. The number of likely N-dealkylation sites (N-methyl/N-ethyl adjacent to an activating group) is 2. The van der Waals surface area contributed by atoms with Crippen LogP contribution in [0.3, 0.4) is 0 Å². The monoisotopic (exact) mass is 316 g/mol. The lowest BCUT2D eigenvalue weighted by molar-refractivity contribution is -0.366. The molecule has 4 heteroatoms. The summed E-state index contributed by atoms with van der Waals surface area (Å²) in [6.45, 7) is 23.6. The second-order valence-electron chi connectivity index (χ2n) is 6.73. The van der Waals surface area contributed by atoms with Crippen LogP contribution in [0.4, 0.5) is 0 Å². The third kappa shape index (κ3) is 8.47. The van der Waals surface area contributed by atoms with Crippen LogP contribution in [0, 0.1) is 11.8 Å². The lowest BCUT2D eigenvalue weighted by atomic mass is 10.1. The highest BCUT2D eigenvalue weighted by Crippen LogP contribution is 2.15. The van der Waals surface area contributed by atoms with Gasteiger partial charge in [-0.3, -0.25) is 0 Å². The van der Waals surface area contributed by atoms with Crippen LogP contribution in [0.15, 0.2) is 0 Å². The Balaban J connectivity index is 4.56. The molecule has 0 fully saturated rings. The molecule has 0 aliphatic heterocycles. The van der Waals surface area contributed by atoms with Crippen molar-refractivity contribution in [3.05, 3.63) is 0 Å². The van der Waals surface area contributed by atoms with Gasteiger partial charge < -0.3 is 9.80 Å². The predicted octanol–water partition coefficient (Wildman–Crippen LogP) is 3.67. The number of hydrogen-bond donors (Lipinski definition) is 0. The van der Waals surface area contributed by atoms with Gasteiger partial charge >= 0.3 is 0 Å². The van der Waals surface area contributed by atoms with Crippen LogP contribution < -0.4 is 0 Å². The highest BCUT2D eigenvalue weighted by molar-refractivity contribution is 4.69. The molecule has 2 unspecified atom stereocenters. The fourth-order valence-electron chi connectivity index (χ4n) is 2.32. The summed E-state index contributed by atoms with van der Waals surface area (Å²) in [7, 11) is 0. The zero-order chi connectivity index (χ0) is 17.1. The summed E-state index contributed by atoms with van der Waals surface area (Å²) in [6, 6.07) is 0. The van der Waals surface area contributed by atoms with Crippen LogP contribution in [-0.2, 0) is 9.78 Å². The van der Waals surface area contributed by atoms with E-state index in [0.717, 1.165) is 39.3 Å². The van der Waals surface area contributed by atoms with Crippen molar-refractivity contribution in [2.24, 2.45) is 11.8 Å². The molecule has 0 N–H and O–H groups in total. The number of nitrogens with zero attached hydrogens (tertiary/aromatic N) is 2. The van der Waals surface area contributed by atoms with Gasteiger partial charge in [0.15, 0.2) is 0 Å². The molecule has 2 atom stereocenters. The third-order valence-corrected chi connectivity index (χ3v) is 4.46. The molecule has 22 heavy (non-hydrogen) atoms. The van der Waals surface area contributed by atoms with Crippen molar-refractivity contribution in [2.45, 2.75) is 67.6 Å². The van der Waals surface area contributed by atoms with E-state index in [9.17, 15) is 0 Å². The molecule has 0 saturated heterocycles. The molecular formula is C18H40N2O2. The Morgan fingerprint density at radius 1 is 0.591 bits per heavy atom. The maximum Gasteiger partial charge on any atom is 0.108 e. The molecule has 0 radical (unpaired) electrons. The van der Waals surface area contributed by atoms with Crippen molar-refractivity contribution in [3.63, 3.8) is 0 Å². The molecule has 0 amide bonds. The van der Waals surface area contributed by atoms with Crippen LogP contribution in [0.25, 0.3) is 0 Å². The normalized spacial score (nSPS) is 15.3. The summed E-state index contributed by atoms with van der Waals surface area (Å²) in [6.07, 6.45) is 0.246. The van der Waals surface area contributed by atoms with E-state index in [1.165, 1.54) is 0 Å². The van der Waals surface area contributed by atoms with Gasteiger partial charge in [0.05, 0.1) is 0 Å². The first-order valence-electron chi connectivity index (χ1n) is 9.16. The molecule has 4 nitrogen and oxygen atoms in total. The summed E-state index contributed by atoms with van der Waals surface area (Å²) in [4.78, 5) is 16.5. The zero-order valence-electron chi connectivity index (χ0n) is 16.3. The Hall–Kier alpha value is -0.160. The lowest BCUT2D eigenvalue weighted by Gasteiger charge is -2.31. The van der Waals surface area contributed by atoms with Gasteiger partial charge in [-0.1, -0.05) is 55.4 Å². The minimum absolute atomic E-state index is 0.123. The van der Waals surface area contributed by atoms with E-state index in [-0.39, 0.29) is 12.2 Å². The molecule has 0 spiro atoms. The Morgan fingerprint density at radius 3 is 1.05 bits per heavy atom. The molecule has 0 rings (SSSR count). The van der Waals surface area contributed by atoms with Gasteiger partial charge in [-0.2, -0.15) is 0 Å². The van der Waals surface area contributed by atoms with Gasteiger partial charge in [-0.25, -0.2) is 9.78 Å². The summed E-state index contributed by atoms with van der Waals surface area (Å²) in [5.74, 6) is 0.892. The Kier molecular flexibility index (Phi) is 12.2. The van der Waals surface area contributed by atoms with Crippen molar-refractivity contribution < 1.29 is 9.78 Å². The Bertz CT molecular complexity index is 225. The fraction of sp³-hybridized carbons (Fsp3) is 1.00. The van der Waals surface area contributed by atoms with Gasteiger partial charge in [0.1, 0.15) is 12.2 Å². The topological polar surface area (TPSA) is 24.9 Å². The van der Waals surface area contributed by atoms with Crippen LogP contribution in [0.1, 0.15) is 55.4 Å². The van der Waals surface area contributed by atoms with Gasteiger partial charge in [-0.15, -0.1) is 0 Å². The Morgan fingerprint density at radius 2 is 0.864 bits per heavy atom. The summed E-state index contributed by atoms with van der Waals surface area (Å²) < 4.78 is 0. The molecule has 0 aliphatic carbocycles. The molecule has 0 aromatic heterocycles. The molecule has 0 heterocycles. The van der Waals surface area contributed by atoms with E-state index in [4.69, 9.17) is 9.78 Å². The maximum atomic E-state index is 5.88. The molecule has 0 saturated carbocycles. The maximum absolute atomic E-state index is 5.88. The van der Waals surface area contributed by atoms with Crippen molar-refractivity contribution in [3.8, 4) is 0 Å². The summed E-state index contributed by atoms with van der Waals surface area (Å²) >= 11 is 0. The van der Waals surface area contributed by atoms with Gasteiger partial charge in [-0.05, 0) is 38.0 Å². The first-order chi connectivity index (χ1) is 10.4. The lowest BCUT2D eigenvalue weighted by Crippen LogP contribution is -2.41. The van der Waals surface area contributed by atoms with Crippen molar-refractivity contribution in [1.29, 1.82) is 0 Å². The van der Waals surface area contributed by atoms with Gasteiger partial charge in [0, 0.05) is 13.1 Å². The standard InChI is InChI=1S/C18H40N2O2/c1-9-19(10-2)13-17(15(5)6)21-22-18(16(7)8)14-20(11-3)12-4/h15-18H,9-14H2,1-8H3. The van der Waals surface area contributed by atoms with Crippen molar-refractivity contribution in [1.82, 2.24) is 9.80 Å². The highest BCUT2D eigenvalue weighted by Gasteiger charge is 2.23. The average molecular weight is 317 g/mol. The van der Waals surface area contributed by atoms with Gasteiger partial charge in [0.2, 0.25) is 0 Å². The van der Waals surface area contributed by atoms with Crippen LogP contribution >= 0.6 is 0 Å². The van der Waals surface area contributed by atoms with Crippen LogP contribution in [-0.4, -0.2) is 61.3 Å². The average Bonchev–Trinajstić information content (AvgIpc) is 2.49. The minimum atomic E-state index is 0.123. The largest absolute Gasteiger partial charge is 0.301 e. The second-order valence-corrected chi connectivity index (χ2v) is 6.73. The molecule has 0 aromatic carbocycles. The molecule has 0 aromatic rings. The first kappa shape index (κ1) is 21.8. The van der Waals surface area contributed by atoms with Crippen molar-refractivity contribution in [2.75, 3.05) is 39.3 Å². The first-order valence-corrected chi connectivity index (χ1v) is 9.16. The van der Waals surface area contributed by atoms with Crippen molar-refractivity contribution >= 4 is 0 Å². The fourth-order valence-corrected chi connectivity index (χ4v) is 2.32. The van der Waals surface area contributed by atoms with E-state index in [0.29, 0.717) is 11.8 Å². The predicted molar refractivity (Wildman–Crippen MR) is 95.0 cm³/mol. The quantitative estimate of drug-likeness (QED) is 0.382. The molecule has 134 valence electrons. The van der Waals surface area contributed by atoms with E-state index in [1.807, 2.05) is 0 Å². The highest BCUT2D eigenvalue weighted by atomic mass is 17.2. The van der Waals surface area contributed by atoms with E-state index in [2.05, 4.69) is 65.2 Å². The SMILES string of the molecule is CCN(CC)CC(OOC(CN(CC)CC)C(C)C)C(C)C. The number of rotatable bonds is 13. The van der Waals surface area contributed by atoms with E-state index < -0.39 is 0 Å². The summed E-state index contributed by atoms with van der Waals surface area (Å²) in [5, 5.41) is 0. The van der Waals surface area contributed by atoms with Crippen LogP contribution in [0.2, 0.25) is 0 Å². The smallest absolute Gasteiger partial charge is 0.108 e. The molecule has 0 aliphatic rings. The van der Waals surface area contributed by atoms with E-state index in [1.54, 1.807) is 0 Å². The molecular weight excluding hydrogens is 276 g/mol. The van der Waals surface area contributed by atoms with Gasteiger partial charge in [0.25, 0.3) is 0 Å².